The molecule has 0 aliphatic rings. The molecule has 8 heterocycles. The molecule has 0 bridgehead atoms. The quantitative estimate of drug-likeness (QED) is 0.135. The van der Waals surface area contributed by atoms with Crippen LogP contribution in [-0.2, 0) is 0 Å². The van der Waals surface area contributed by atoms with E-state index in [1.54, 1.807) is 0 Å². The van der Waals surface area contributed by atoms with Gasteiger partial charge >= 0.3 is 0 Å². The van der Waals surface area contributed by atoms with Gasteiger partial charge in [-0.2, -0.15) is 0 Å². The first-order valence-corrected chi connectivity index (χ1v) is 38.5. The molecule has 0 fully saturated rings. The van der Waals surface area contributed by atoms with Crippen LogP contribution in [-0.4, -0.2) is 38.2 Å². The summed E-state index contributed by atoms with van der Waals surface area (Å²) < 4.78 is 22.3. The Morgan fingerprint density at radius 2 is 0.544 bits per heavy atom. The van der Waals surface area contributed by atoms with Gasteiger partial charge in [0.15, 0.2) is 11.6 Å². The number of fused-ring (bicyclic) bond motifs is 20. The van der Waals surface area contributed by atoms with E-state index in [1.165, 1.54) is 59.6 Å². The summed E-state index contributed by atoms with van der Waals surface area (Å²) in [6.45, 7) is 0. The molecule has 10 nitrogen and oxygen atoms in total. The molecule has 10 heteroatoms. The minimum absolute atomic E-state index is 0.602. The van der Waals surface area contributed by atoms with Crippen LogP contribution >= 0.6 is 0 Å². The van der Waals surface area contributed by atoms with E-state index >= 15 is 0 Å². The Balaban J connectivity index is 0.000000135. The topological polar surface area (TPSA) is 97.6 Å². The predicted octanol–water partition coefficient (Wildman–Crippen LogP) is 27.1. The highest BCUT2D eigenvalue weighted by molar-refractivity contribution is 6.30. The molecule has 0 radical (unpaired) electrons. The van der Waals surface area contributed by atoms with Crippen LogP contribution in [0.3, 0.4) is 0 Å². The molecule has 0 spiro atoms. The minimum Gasteiger partial charge on any atom is -0.456 e. The summed E-state index contributed by atoms with van der Waals surface area (Å²) in [7, 11) is 0. The summed E-state index contributed by atoms with van der Waals surface area (Å²) in [6.07, 6.45) is 0. The summed E-state index contributed by atoms with van der Waals surface area (Å²) in [6, 6.07) is 137. The first kappa shape index (κ1) is 64.5. The number of aromatic nitrogens is 8. The zero-order chi connectivity index (χ0) is 74.9. The second kappa shape index (κ2) is 26.1. The standard InChI is InChI=1S/2C52H32N4O/c1-3-15-33(16-4-1)34-17-13-18-35(31-34)42-32-48(54-52(53-42)41-25-14-24-38-37-21-9-12-28-47(37)57-51(38)41)56-44-27-11-8-23-40(44)50-46(56)30-29-45-49(50)39-22-7-10-26-43(39)55(45)36-19-5-2-6-20-36;1-3-14-33(15-4-1)34-16-13-17-36(30-34)52-53-42(35-26-27-39-38-20-9-12-25-47(38)57-48(39)31-35)32-49(54-52)56-44-24-11-8-22-41(44)51-46(56)29-28-45-50(51)40-21-7-10-23-43(40)55(45)37-18-5-2-6-19-37/h2*1-32H. The molecule has 0 amide bonds. The molecule has 114 heavy (non-hydrogen) atoms. The van der Waals surface area contributed by atoms with Crippen molar-refractivity contribution in [1.82, 2.24) is 38.2 Å². The third kappa shape index (κ3) is 10.4. The number of benzene rings is 16. The fourth-order valence-electron chi connectivity index (χ4n) is 17.6. The molecule has 24 aromatic rings. The smallest absolute Gasteiger partial charge is 0.165 e. The largest absolute Gasteiger partial charge is 0.456 e. The molecule has 8 aromatic heterocycles. The highest BCUT2D eigenvalue weighted by atomic mass is 16.3. The lowest BCUT2D eigenvalue weighted by Crippen LogP contribution is -2.02. The Hall–Kier alpha value is -15.5. The Bertz CT molecular complexity index is 7980. The van der Waals surface area contributed by atoms with Crippen LogP contribution in [0.25, 0.3) is 222 Å². The molecule has 532 valence electrons. The molecule has 0 N–H and O–H groups in total. The third-order valence-electron chi connectivity index (χ3n) is 22.7. The Morgan fingerprint density at radius 1 is 0.193 bits per heavy atom. The van der Waals surface area contributed by atoms with Crippen molar-refractivity contribution in [3.05, 3.63) is 388 Å². The Morgan fingerprint density at radius 3 is 1.06 bits per heavy atom. The van der Waals surface area contributed by atoms with E-state index in [-0.39, 0.29) is 0 Å². The molecular weight excluding hydrogens is 1390 g/mol. The van der Waals surface area contributed by atoms with Crippen LogP contribution in [0, 0.1) is 0 Å². The maximum absolute atomic E-state index is 6.57. The monoisotopic (exact) mass is 1460 g/mol. The highest BCUT2D eigenvalue weighted by Crippen LogP contribution is 2.47. The number of hydrogen-bond acceptors (Lipinski definition) is 6. The van der Waals surface area contributed by atoms with E-state index in [0.29, 0.717) is 11.6 Å². The van der Waals surface area contributed by atoms with Crippen LogP contribution in [0.4, 0.5) is 0 Å². The fraction of sp³-hybridized carbons (Fsp3) is 0. The van der Waals surface area contributed by atoms with Crippen LogP contribution in [0.5, 0.6) is 0 Å². The van der Waals surface area contributed by atoms with Crippen molar-refractivity contribution in [2.24, 2.45) is 0 Å². The number of hydrogen-bond donors (Lipinski definition) is 0. The third-order valence-corrected chi connectivity index (χ3v) is 22.7. The van der Waals surface area contributed by atoms with Gasteiger partial charge in [0.25, 0.3) is 0 Å². The minimum atomic E-state index is 0.602. The van der Waals surface area contributed by atoms with Crippen LogP contribution < -0.4 is 0 Å². The first-order valence-electron chi connectivity index (χ1n) is 38.5. The molecule has 0 saturated heterocycles. The molecule has 0 aliphatic carbocycles. The molecule has 0 aliphatic heterocycles. The van der Waals surface area contributed by atoms with E-state index in [4.69, 9.17) is 28.8 Å². The van der Waals surface area contributed by atoms with Gasteiger partial charge in [0.05, 0.1) is 61.1 Å². The van der Waals surface area contributed by atoms with Crippen molar-refractivity contribution in [2.45, 2.75) is 0 Å². The summed E-state index contributed by atoms with van der Waals surface area (Å²) in [5.41, 5.74) is 24.5. The van der Waals surface area contributed by atoms with E-state index in [1.807, 2.05) is 36.4 Å². The molecule has 0 saturated carbocycles. The van der Waals surface area contributed by atoms with Crippen molar-refractivity contribution in [3.8, 4) is 90.6 Å². The van der Waals surface area contributed by atoms with E-state index in [0.717, 1.165) is 150 Å². The lowest BCUT2D eigenvalue weighted by Gasteiger charge is -2.13. The normalized spacial score (nSPS) is 11.9. The summed E-state index contributed by atoms with van der Waals surface area (Å²) in [4.78, 5) is 21.5. The van der Waals surface area contributed by atoms with Crippen molar-refractivity contribution in [2.75, 3.05) is 0 Å². The number of para-hydroxylation sites is 9. The number of rotatable bonds is 10. The van der Waals surface area contributed by atoms with Crippen LogP contribution in [0.15, 0.2) is 397 Å². The summed E-state index contributed by atoms with van der Waals surface area (Å²) in [5, 5.41) is 13.9. The molecule has 0 unspecified atom stereocenters. The van der Waals surface area contributed by atoms with Gasteiger partial charge in [-0.1, -0.05) is 261 Å². The van der Waals surface area contributed by atoms with Crippen LogP contribution in [0.2, 0.25) is 0 Å². The van der Waals surface area contributed by atoms with Gasteiger partial charge in [0.1, 0.15) is 34.0 Å². The highest BCUT2D eigenvalue weighted by Gasteiger charge is 2.26. The number of furan rings is 2. The molecule has 16 aromatic carbocycles. The Labute approximate surface area is 652 Å². The summed E-state index contributed by atoms with van der Waals surface area (Å²) in [5.74, 6) is 2.83. The van der Waals surface area contributed by atoms with Crippen molar-refractivity contribution in [1.29, 1.82) is 0 Å². The van der Waals surface area contributed by atoms with Gasteiger partial charge in [-0.15, -0.1) is 0 Å². The molecule has 24 rings (SSSR count). The van der Waals surface area contributed by atoms with E-state index in [9.17, 15) is 0 Å². The second-order valence-electron chi connectivity index (χ2n) is 29.1. The lowest BCUT2D eigenvalue weighted by molar-refractivity contribution is 0.669. The molecule has 0 atom stereocenters. The fourth-order valence-corrected chi connectivity index (χ4v) is 17.6. The van der Waals surface area contributed by atoms with Gasteiger partial charge in [0.2, 0.25) is 0 Å². The first-order chi connectivity index (χ1) is 56.5. The van der Waals surface area contributed by atoms with E-state index in [2.05, 4.69) is 370 Å². The maximum Gasteiger partial charge on any atom is 0.165 e. The predicted molar refractivity (Wildman–Crippen MR) is 469 cm³/mol. The van der Waals surface area contributed by atoms with E-state index < -0.39 is 0 Å². The average molecular weight is 1460 g/mol. The van der Waals surface area contributed by atoms with Gasteiger partial charge in [0, 0.05) is 105 Å². The van der Waals surface area contributed by atoms with Gasteiger partial charge < -0.3 is 18.0 Å². The van der Waals surface area contributed by atoms with Gasteiger partial charge in [-0.25, -0.2) is 19.9 Å². The van der Waals surface area contributed by atoms with Crippen molar-refractivity contribution < 1.29 is 8.83 Å². The van der Waals surface area contributed by atoms with Crippen molar-refractivity contribution >= 4 is 131 Å². The maximum atomic E-state index is 6.57. The summed E-state index contributed by atoms with van der Waals surface area (Å²) >= 11 is 0. The van der Waals surface area contributed by atoms with Crippen LogP contribution in [0.1, 0.15) is 0 Å². The average Bonchev–Trinajstić information content (AvgIpc) is 1.55. The zero-order valence-corrected chi connectivity index (χ0v) is 61.3. The molecular formula is C104H64N8O2. The zero-order valence-electron chi connectivity index (χ0n) is 61.3. The number of nitrogens with zero attached hydrogens (tertiary/aromatic N) is 8. The van der Waals surface area contributed by atoms with Crippen molar-refractivity contribution in [3.63, 3.8) is 0 Å². The van der Waals surface area contributed by atoms with Gasteiger partial charge in [-0.05, 0) is 138 Å². The second-order valence-corrected chi connectivity index (χ2v) is 29.1. The Kier molecular flexibility index (Phi) is 14.8. The van der Waals surface area contributed by atoms with Gasteiger partial charge in [-0.3, -0.25) is 9.13 Å². The lowest BCUT2D eigenvalue weighted by atomic mass is 10.0. The SMILES string of the molecule is c1ccc(-c2cccc(-c3cc(-n4c5ccccc5c5c6c7ccccc7n(-c7ccccc7)c6ccc54)nc(-c4cccc5c4oc4ccccc45)n3)c2)cc1.c1ccc(-c2cccc(-c3nc(-c4ccc5c(c4)oc4ccccc45)cc(-n4c5ccccc5c5c6c7ccccc7n(-c7ccccc7)c6ccc54)n3)c2)cc1.